The lowest BCUT2D eigenvalue weighted by Crippen LogP contribution is -2.26. The van der Waals surface area contributed by atoms with Crippen LogP contribution in [-0.2, 0) is 16.4 Å². The van der Waals surface area contributed by atoms with Crippen molar-refractivity contribution in [3.8, 4) is 6.07 Å². The first-order chi connectivity index (χ1) is 11.5. The number of nitrogens with zero attached hydrogens (tertiary/aromatic N) is 1. The molecule has 0 saturated heterocycles. The van der Waals surface area contributed by atoms with Crippen LogP contribution in [0.3, 0.4) is 0 Å². The average Bonchev–Trinajstić information content (AvgIpc) is 3.08. The molecule has 2 N–H and O–H groups in total. The molecule has 0 fully saturated rings. The first-order valence-corrected chi connectivity index (χ1v) is 9.66. The highest BCUT2D eigenvalue weighted by atomic mass is 32.2. The summed E-state index contributed by atoms with van der Waals surface area (Å²) in [5, 5.41) is 13.2. The van der Waals surface area contributed by atoms with E-state index in [0.29, 0.717) is 12.1 Å². The Morgan fingerprint density at radius 1 is 1.17 bits per heavy atom. The van der Waals surface area contributed by atoms with Gasteiger partial charge in [-0.3, -0.25) is 4.79 Å². The number of carbonyl (C=O) groups excluding carboxylic acids is 1. The van der Waals surface area contributed by atoms with E-state index in [4.69, 9.17) is 5.26 Å². The van der Waals surface area contributed by atoms with Crippen molar-refractivity contribution in [1.82, 2.24) is 10.0 Å². The van der Waals surface area contributed by atoms with Gasteiger partial charge < -0.3 is 5.32 Å². The standard InChI is InChI=1S/C16H17N3O3S2/c17-9-2-10-19-24(21,22)15-6-4-13(5-7-15)16(20)18-11-8-14-3-1-12-23-14/h1,3-7,12,19H,2,8,10-11H2,(H,18,20). The van der Waals surface area contributed by atoms with E-state index in [1.165, 1.54) is 29.1 Å². The van der Waals surface area contributed by atoms with Gasteiger partial charge in [-0.25, -0.2) is 13.1 Å². The maximum Gasteiger partial charge on any atom is 0.251 e. The van der Waals surface area contributed by atoms with Crippen LogP contribution in [0, 0.1) is 11.3 Å². The molecule has 1 aromatic carbocycles. The molecule has 0 spiro atoms. The van der Waals surface area contributed by atoms with Crippen LogP contribution in [0.15, 0.2) is 46.7 Å². The fraction of sp³-hybridized carbons (Fsp3) is 0.250. The highest BCUT2D eigenvalue weighted by Gasteiger charge is 2.14. The summed E-state index contributed by atoms with van der Waals surface area (Å²) in [4.78, 5) is 13.3. The highest BCUT2D eigenvalue weighted by Crippen LogP contribution is 2.11. The van der Waals surface area contributed by atoms with Gasteiger partial charge in [-0.1, -0.05) is 6.07 Å². The largest absolute Gasteiger partial charge is 0.352 e. The van der Waals surface area contributed by atoms with Crippen molar-refractivity contribution < 1.29 is 13.2 Å². The van der Waals surface area contributed by atoms with Crippen molar-refractivity contribution in [3.63, 3.8) is 0 Å². The smallest absolute Gasteiger partial charge is 0.251 e. The molecule has 8 heteroatoms. The Bertz CT molecular complexity index is 807. The second-order valence-electron chi connectivity index (χ2n) is 4.92. The molecule has 126 valence electrons. The van der Waals surface area contributed by atoms with E-state index >= 15 is 0 Å². The molecule has 0 unspecified atom stereocenters. The van der Waals surface area contributed by atoms with Crippen LogP contribution in [0.4, 0.5) is 0 Å². The van der Waals surface area contributed by atoms with Gasteiger partial charge in [0.1, 0.15) is 0 Å². The van der Waals surface area contributed by atoms with Crippen LogP contribution in [0.25, 0.3) is 0 Å². The van der Waals surface area contributed by atoms with Gasteiger partial charge in [0.25, 0.3) is 5.91 Å². The van der Waals surface area contributed by atoms with Gasteiger partial charge in [0.15, 0.2) is 0 Å². The Hall–Kier alpha value is -2.21. The maximum atomic E-state index is 12.0. The van der Waals surface area contributed by atoms with Crippen LogP contribution in [0.1, 0.15) is 21.7 Å². The Morgan fingerprint density at radius 3 is 2.54 bits per heavy atom. The summed E-state index contributed by atoms with van der Waals surface area (Å²) < 4.78 is 26.3. The van der Waals surface area contributed by atoms with E-state index in [1.54, 1.807) is 11.3 Å². The number of sulfonamides is 1. The molecule has 0 radical (unpaired) electrons. The predicted octanol–water partition coefficient (Wildman–Crippen LogP) is 1.91. The third-order valence-electron chi connectivity index (χ3n) is 3.19. The highest BCUT2D eigenvalue weighted by molar-refractivity contribution is 7.89. The molecule has 1 amide bonds. The number of nitriles is 1. The van der Waals surface area contributed by atoms with Crippen molar-refractivity contribution in [3.05, 3.63) is 52.2 Å². The van der Waals surface area contributed by atoms with Crippen molar-refractivity contribution in [2.24, 2.45) is 0 Å². The lowest BCUT2D eigenvalue weighted by molar-refractivity contribution is 0.0954. The summed E-state index contributed by atoms with van der Waals surface area (Å²) >= 11 is 1.64. The van der Waals surface area contributed by atoms with Crippen LogP contribution >= 0.6 is 11.3 Å². The molecule has 0 atom stereocenters. The van der Waals surface area contributed by atoms with Crippen LogP contribution in [0.5, 0.6) is 0 Å². The summed E-state index contributed by atoms with van der Waals surface area (Å²) in [6, 6.07) is 11.5. The Kier molecular flexibility index (Phi) is 6.49. The van der Waals surface area contributed by atoms with Crippen molar-refractivity contribution in [2.75, 3.05) is 13.1 Å². The molecule has 0 aliphatic carbocycles. The molecular weight excluding hydrogens is 346 g/mol. The van der Waals surface area contributed by atoms with Crippen molar-refractivity contribution in [1.29, 1.82) is 5.26 Å². The lowest BCUT2D eigenvalue weighted by Gasteiger charge is -2.07. The van der Waals surface area contributed by atoms with Crippen molar-refractivity contribution >= 4 is 27.3 Å². The van der Waals surface area contributed by atoms with Gasteiger partial charge in [-0.15, -0.1) is 11.3 Å². The maximum absolute atomic E-state index is 12.0. The molecule has 2 aromatic rings. The van der Waals surface area contributed by atoms with Crippen LogP contribution in [-0.4, -0.2) is 27.4 Å². The normalized spacial score (nSPS) is 11.0. The molecule has 6 nitrogen and oxygen atoms in total. The van der Waals surface area contributed by atoms with Gasteiger partial charge in [0, 0.05) is 30.0 Å². The predicted molar refractivity (Wildman–Crippen MR) is 92.2 cm³/mol. The number of hydrogen-bond acceptors (Lipinski definition) is 5. The SMILES string of the molecule is N#CCCNS(=O)(=O)c1ccc(C(=O)NCCc2cccs2)cc1. The molecule has 0 aliphatic rings. The lowest BCUT2D eigenvalue weighted by atomic mass is 10.2. The molecule has 2 rings (SSSR count). The number of hydrogen-bond donors (Lipinski definition) is 2. The number of nitrogens with one attached hydrogen (secondary N) is 2. The zero-order chi connectivity index (χ0) is 17.4. The third-order valence-corrected chi connectivity index (χ3v) is 5.61. The molecular formula is C16H17N3O3S2. The summed E-state index contributed by atoms with van der Waals surface area (Å²) in [5.74, 6) is -0.243. The van der Waals surface area contributed by atoms with Gasteiger partial charge in [-0.2, -0.15) is 5.26 Å². The summed E-state index contributed by atoms with van der Waals surface area (Å²) in [6.45, 7) is 0.582. The monoisotopic (exact) mass is 363 g/mol. The molecule has 0 saturated carbocycles. The Labute approximate surface area is 145 Å². The fourth-order valence-electron chi connectivity index (χ4n) is 1.97. The molecule has 24 heavy (non-hydrogen) atoms. The van der Waals surface area contributed by atoms with E-state index in [0.717, 1.165) is 6.42 Å². The minimum absolute atomic E-state index is 0.0593. The quantitative estimate of drug-likeness (QED) is 0.700. The van der Waals surface area contributed by atoms with E-state index in [-0.39, 0.29) is 23.8 Å². The number of benzene rings is 1. The average molecular weight is 363 g/mol. The first-order valence-electron chi connectivity index (χ1n) is 7.30. The number of amides is 1. The minimum Gasteiger partial charge on any atom is -0.352 e. The zero-order valence-corrected chi connectivity index (χ0v) is 14.5. The van der Waals surface area contributed by atoms with E-state index < -0.39 is 10.0 Å². The van der Waals surface area contributed by atoms with Gasteiger partial charge >= 0.3 is 0 Å². The first kappa shape index (κ1) is 18.1. The number of carbonyl (C=O) groups is 1. The molecule has 1 heterocycles. The van der Waals surface area contributed by atoms with E-state index in [2.05, 4.69) is 10.0 Å². The molecule has 0 aliphatic heterocycles. The second-order valence-corrected chi connectivity index (χ2v) is 7.71. The summed E-state index contributed by atoms with van der Waals surface area (Å²) in [7, 11) is -3.65. The van der Waals surface area contributed by atoms with Crippen LogP contribution < -0.4 is 10.0 Å². The molecule has 0 bridgehead atoms. The third kappa shape index (κ3) is 5.16. The van der Waals surface area contributed by atoms with Gasteiger partial charge in [0.2, 0.25) is 10.0 Å². The topological polar surface area (TPSA) is 99.1 Å². The second kappa shape index (κ2) is 8.59. The van der Waals surface area contributed by atoms with Crippen molar-refractivity contribution in [2.45, 2.75) is 17.7 Å². The summed E-state index contributed by atoms with van der Waals surface area (Å²) in [6.07, 6.45) is 0.864. The number of rotatable bonds is 8. The van der Waals surface area contributed by atoms with Gasteiger partial charge in [0.05, 0.1) is 11.0 Å². The summed E-state index contributed by atoms with van der Waals surface area (Å²) in [5.41, 5.74) is 0.400. The zero-order valence-electron chi connectivity index (χ0n) is 12.9. The fourth-order valence-corrected chi connectivity index (χ4v) is 3.71. The van der Waals surface area contributed by atoms with E-state index in [9.17, 15) is 13.2 Å². The molecule has 1 aromatic heterocycles. The van der Waals surface area contributed by atoms with E-state index in [1.807, 2.05) is 23.6 Å². The minimum atomic E-state index is -3.65. The Morgan fingerprint density at radius 2 is 1.92 bits per heavy atom. The van der Waals surface area contributed by atoms with Gasteiger partial charge in [-0.05, 0) is 42.1 Å². The number of thiophene rings is 1. The van der Waals surface area contributed by atoms with Crippen LogP contribution in [0.2, 0.25) is 0 Å². The Balaban J connectivity index is 1.91.